The van der Waals surface area contributed by atoms with Crippen LogP contribution in [0.1, 0.15) is 23.6 Å². The molecule has 0 saturated heterocycles. The maximum absolute atomic E-state index is 13.5. The number of hydrogen-bond acceptors (Lipinski definition) is 3. The molecule has 3 aromatic rings. The molecule has 0 aliphatic carbocycles. The average Bonchev–Trinajstić information content (AvgIpc) is 2.73. The smallest absolute Gasteiger partial charge is 0.243 e. The molecule has 4 nitrogen and oxygen atoms in total. The van der Waals surface area contributed by atoms with E-state index in [9.17, 15) is 8.42 Å². The lowest BCUT2D eigenvalue weighted by atomic mass is 10.2. The molecule has 0 saturated carbocycles. The topological polar surface area (TPSA) is 49.4 Å². The van der Waals surface area contributed by atoms with E-state index in [1.807, 2.05) is 79.7 Å². The Morgan fingerprint density at radius 2 is 1.29 bits per heavy atom. The summed E-state index contributed by atoms with van der Waals surface area (Å²) in [5.74, 6) is 0. The van der Waals surface area contributed by atoms with Crippen LogP contribution < -0.4 is 5.32 Å². The van der Waals surface area contributed by atoms with Gasteiger partial charge in [0, 0.05) is 19.6 Å². The summed E-state index contributed by atoms with van der Waals surface area (Å²) in [5.41, 5.74) is 2.89. The van der Waals surface area contributed by atoms with Crippen molar-refractivity contribution in [2.24, 2.45) is 0 Å². The summed E-state index contributed by atoms with van der Waals surface area (Å²) in [7, 11) is -3.64. The first-order valence-corrected chi connectivity index (χ1v) is 10.9. The highest BCUT2D eigenvalue weighted by Crippen LogP contribution is 2.22. The van der Waals surface area contributed by atoms with E-state index in [-0.39, 0.29) is 0 Å². The van der Waals surface area contributed by atoms with Gasteiger partial charge in [-0.3, -0.25) is 0 Å². The van der Waals surface area contributed by atoms with Crippen LogP contribution in [0, 0.1) is 0 Å². The molecule has 0 atom stereocenters. The lowest BCUT2D eigenvalue weighted by Gasteiger charge is -2.23. The Morgan fingerprint density at radius 3 is 1.82 bits per heavy atom. The maximum atomic E-state index is 13.5. The molecule has 0 radical (unpaired) electrons. The van der Waals surface area contributed by atoms with Crippen LogP contribution in [-0.4, -0.2) is 19.3 Å². The molecule has 3 aromatic carbocycles. The van der Waals surface area contributed by atoms with Crippen LogP contribution in [-0.2, 0) is 29.7 Å². The van der Waals surface area contributed by atoms with E-state index in [0.29, 0.717) is 24.5 Å². The number of nitrogens with one attached hydrogen (secondary N) is 1. The van der Waals surface area contributed by atoms with Gasteiger partial charge in [0.1, 0.15) is 0 Å². The summed E-state index contributed by atoms with van der Waals surface area (Å²) in [6, 6.07) is 26.6. The molecule has 0 spiro atoms. The number of hydrogen-bond donors (Lipinski definition) is 1. The molecule has 146 valence electrons. The zero-order valence-electron chi connectivity index (χ0n) is 16.1. The summed E-state index contributed by atoms with van der Waals surface area (Å²) >= 11 is 0. The number of sulfonamides is 1. The molecule has 5 heteroatoms. The number of rotatable bonds is 9. The second-order valence-corrected chi connectivity index (χ2v) is 8.61. The van der Waals surface area contributed by atoms with Gasteiger partial charge >= 0.3 is 0 Å². The minimum atomic E-state index is -3.64. The van der Waals surface area contributed by atoms with Crippen molar-refractivity contribution >= 4 is 10.0 Å². The summed E-state index contributed by atoms with van der Waals surface area (Å²) in [6.45, 7) is 4.18. The van der Waals surface area contributed by atoms with E-state index in [1.165, 1.54) is 0 Å². The van der Waals surface area contributed by atoms with E-state index >= 15 is 0 Å². The van der Waals surface area contributed by atoms with Crippen LogP contribution in [0.15, 0.2) is 89.8 Å². The van der Waals surface area contributed by atoms with Gasteiger partial charge in [-0.15, -0.1) is 0 Å². The Labute approximate surface area is 167 Å². The van der Waals surface area contributed by atoms with Gasteiger partial charge in [-0.2, -0.15) is 4.31 Å². The van der Waals surface area contributed by atoms with E-state index < -0.39 is 10.0 Å². The van der Waals surface area contributed by atoms with Gasteiger partial charge in [0.05, 0.1) is 4.90 Å². The predicted octanol–water partition coefficient (Wildman–Crippen LogP) is 4.19. The fourth-order valence-corrected chi connectivity index (χ4v) is 4.52. The van der Waals surface area contributed by atoms with Crippen molar-refractivity contribution in [3.8, 4) is 0 Å². The van der Waals surface area contributed by atoms with Gasteiger partial charge in [0.2, 0.25) is 10.0 Å². The van der Waals surface area contributed by atoms with Crippen molar-refractivity contribution in [2.45, 2.75) is 31.5 Å². The third kappa shape index (κ3) is 5.29. The van der Waals surface area contributed by atoms with Crippen molar-refractivity contribution in [3.63, 3.8) is 0 Å². The standard InChI is InChI=1S/C23H26N2O2S/c1-2-24-17-22-14-9-15-23(16-22)28(26,27)25(18-20-10-5-3-6-11-20)19-21-12-7-4-8-13-21/h3-16,24H,2,17-19H2,1H3. The van der Waals surface area contributed by atoms with Crippen LogP contribution in [0.5, 0.6) is 0 Å². The second kappa shape index (κ2) is 9.64. The number of benzene rings is 3. The molecular formula is C23H26N2O2S. The van der Waals surface area contributed by atoms with Gasteiger partial charge in [-0.05, 0) is 35.4 Å². The first kappa shape index (κ1) is 20.3. The van der Waals surface area contributed by atoms with Crippen molar-refractivity contribution < 1.29 is 8.42 Å². The Morgan fingerprint density at radius 1 is 0.750 bits per heavy atom. The monoisotopic (exact) mass is 394 g/mol. The highest BCUT2D eigenvalue weighted by Gasteiger charge is 2.25. The highest BCUT2D eigenvalue weighted by atomic mass is 32.2. The van der Waals surface area contributed by atoms with Crippen molar-refractivity contribution in [3.05, 3.63) is 102 Å². The predicted molar refractivity (Wildman–Crippen MR) is 113 cm³/mol. The molecule has 0 amide bonds. The quantitative estimate of drug-likeness (QED) is 0.592. The summed E-state index contributed by atoms with van der Waals surface area (Å²) in [4.78, 5) is 0.328. The second-order valence-electron chi connectivity index (χ2n) is 6.67. The van der Waals surface area contributed by atoms with Crippen molar-refractivity contribution in [1.82, 2.24) is 9.62 Å². The Kier molecular flexibility index (Phi) is 6.98. The third-order valence-corrected chi connectivity index (χ3v) is 6.31. The SMILES string of the molecule is CCNCc1cccc(S(=O)(=O)N(Cc2ccccc2)Cc2ccccc2)c1. The molecule has 0 aliphatic rings. The molecule has 3 rings (SSSR count). The zero-order chi connectivity index (χ0) is 19.8. The molecule has 0 fully saturated rings. The van der Waals surface area contributed by atoms with Gasteiger partial charge in [-0.25, -0.2) is 8.42 Å². The van der Waals surface area contributed by atoms with E-state index in [0.717, 1.165) is 23.2 Å². The maximum Gasteiger partial charge on any atom is 0.243 e. The largest absolute Gasteiger partial charge is 0.313 e. The minimum Gasteiger partial charge on any atom is -0.313 e. The molecule has 0 unspecified atom stereocenters. The van der Waals surface area contributed by atoms with Gasteiger partial charge in [0.25, 0.3) is 0 Å². The molecule has 0 heterocycles. The fraction of sp³-hybridized carbons (Fsp3) is 0.217. The molecule has 0 aromatic heterocycles. The summed E-state index contributed by atoms with van der Waals surface area (Å²) < 4.78 is 28.5. The third-order valence-electron chi connectivity index (χ3n) is 4.52. The van der Waals surface area contributed by atoms with Gasteiger partial charge in [-0.1, -0.05) is 79.7 Å². The summed E-state index contributed by atoms with van der Waals surface area (Å²) in [5, 5.41) is 3.24. The van der Waals surface area contributed by atoms with Gasteiger partial charge < -0.3 is 5.32 Å². The van der Waals surface area contributed by atoms with E-state index in [4.69, 9.17) is 0 Å². The summed E-state index contributed by atoms with van der Waals surface area (Å²) in [6.07, 6.45) is 0. The van der Waals surface area contributed by atoms with Crippen LogP contribution in [0.2, 0.25) is 0 Å². The average molecular weight is 395 g/mol. The Bertz CT molecular complexity index is 932. The Balaban J connectivity index is 1.93. The molecule has 28 heavy (non-hydrogen) atoms. The van der Waals surface area contributed by atoms with Gasteiger partial charge in [0.15, 0.2) is 0 Å². The first-order chi connectivity index (χ1) is 13.6. The van der Waals surface area contributed by atoms with Crippen molar-refractivity contribution in [2.75, 3.05) is 6.54 Å². The normalized spacial score (nSPS) is 11.6. The Hall–Kier alpha value is -2.47. The lowest BCUT2D eigenvalue weighted by molar-refractivity contribution is 0.401. The van der Waals surface area contributed by atoms with Crippen molar-refractivity contribution in [1.29, 1.82) is 0 Å². The van der Waals surface area contributed by atoms with E-state index in [2.05, 4.69) is 5.32 Å². The fourth-order valence-electron chi connectivity index (χ4n) is 3.03. The first-order valence-electron chi connectivity index (χ1n) is 9.47. The van der Waals surface area contributed by atoms with Crippen LogP contribution >= 0.6 is 0 Å². The molecular weight excluding hydrogens is 368 g/mol. The molecule has 1 N–H and O–H groups in total. The van der Waals surface area contributed by atoms with Crippen LogP contribution in [0.4, 0.5) is 0 Å². The molecule has 0 bridgehead atoms. The lowest BCUT2D eigenvalue weighted by Crippen LogP contribution is -2.30. The number of nitrogens with zero attached hydrogens (tertiary/aromatic N) is 1. The van der Waals surface area contributed by atoms with Crippen LogP contribution in [0.3, 0.4) is 0 Å². The van der Waals surface area contributed by atoms with Crippen LogP contribution in [0.25, 0.3) is 0 Å². The highest BCUT2D eigenvalue weighted by molar-refractivity contribution is 7.89. The minimum absolute atomic E-state index is 0.328. The molecule has 0 aliphatic heterocycles. The van der Waals surface area contributed by atoms with E-state index in [1.54, 1.807) is 16.4 Å². The zero-order valence-corrected chi connectivity index (χ0v) is 16.9.